The highest BCUT2D eigenvalue weighted by Crippen LogP contribution is 2.27. The van der Waals surface area contributed by atoms with Gasteiger partial charge in [-0.05, 0) is 43.4 Å². The molecule has 1 fully saturated rings. The minimum absolute atomic E-state index is 0.0187. The van der Waals surface area contributed by atoms with Crippen molar-refractivity contribution in [3.8, 4) is 0 Å². The molecule has 1 aliphatic carbocycles. The van der Waals surface area contributed by atoms with Crippen molar-refractivity contribution in [2.75, 3.05) is 18.9 Å². The van der Waals surface area contributed by atoms with Crippen molar-refractivity contribution in [3.05, 3.63) is 29.3 Å². The first-order valence-corrected chi connectivity index (χ1v) is 6.28. The van der Waals surface area contributed by atoms with Crippen LogP contribution in [-0.2, 0) is 0 Å². The third-order valence-electron chi connectivity index (χ3n) is 3.61. The molecule has 0 aromatic heterocycles. The number of carbonyl (C=O) groups excluding carboxylic acids is 1. The molecule has 1 saturated carbocycles. The zero-order valence-electron chi connectivity index (χ0n) is 10.5. The summed E-state index contributed by atoms with van der Waals surface area (Å²) in [5.41, 5.74) is 2.87. The molecule has 17 heavy (non-hydrogen) atoms. The van der Waals surface area contributed by atoms with E-state index < -0.39 is 0 Å². The van der Waals surface area contributed by atoms with Gasteiger partial charge in [-0.1, -0.05) is 12.5 Å². The fraction of sp³-hybridized carbons (Fsp3) is 0.500. The van der Waals surface area contributed by atoms with E-state index in [0.717, 1.165) is 29.3 Å². The van der Waals surface area contributed by atoms with Crippen molar-refractivity contribution in [2.45, 2.75) is 26.2 Å². The summed E-state index contributed by atoms with van der Waals surface area (Å²) in [6.45, 7) is 3.02. The van der Waals surface area contributed by atoms with Gasteiger partial charge in [0.2, 0.25) is 0 Å². The van der Waals surface area contributed by atoms with Crippen LogP contribution in [0.15, 0.2) is 18.2 Å². The molecule has 0 unspecified atom stereocenters. The van der Waals surface area contributed by atoms with E-state index in [0.29, 0.717) is 0 Å². The summed E-state index contributed by atoms with van der Waals surface area (Å²) in [5, 5.41) is 6.12. The van der Waals surface area contributed by atoms with E-state index in [1.54, 1.807) is 7.05 Å². The monoisotopic (exact) mass is 232 g/mol. The fourth-order valence-electron chi connectivity index (χ4n) is 2.16. The maximum absolute atomic E-state index is 11.7. The van der Waals surface area contributed by atoms with E-state index in [2.05, 4.69) is 10.6 Å². The van der Waals surface area contributed by atoms with Crippen LogP contribution in [0.25, 0.3) is 0 Å². The quantitative estimate of drug-likeness (QED) is 0.837. The summed E-state index contributed by atoms with van der Waals surface area (Å²) in [6.07, 6.45) is 4.03. The lowest BCUT2D eigenvalue weighted by atomic mass is 9.85. The molecule has 3 heteroatoms. The molecular weight excluding hydrogens is 212 g/mol. The lowest BCUT2D eigenvalue weighted by Gasteiger charge is -2.26. The van der Waals surface area contributed by atoms with Crippen molar-refractivity contribution < 1.29 is 4.79 Å². The Morgan fingerprint density at radius 1 is 1.41 bits per heavy atom. The molecule has 3 nitrogen and oxygen atoms in total. The number of benzene rings is 1. The van der Waals surface area contributed by atoms with Crippen LogP contribution in [0.3, 0.4) is 0 Å². The van der Waals surface area contributed by atoms with Gasteiger partial charge >= 0.3 is 0 Å². The third-order valence-corrected chi connectivity index (χ3v) is 3.61. The number of amides is 1. The molecule has 0 spiro atoms. The average Bonchev–Trinajstić information content (AvgIpc) is 2.28. The van der Waals surface area contributed by atoms with Crippen molar-refractivity contribution in [1.29, 1.82) is 0 Å². The predicted octanol–water partition coefficient (Wildman–Crippen LogP) is 2.57. The minimum atomic E-state index is -0.0187. The molecule has 0 saturated heterocycles. The first-order valence-electron chi connectivity index (χ1n) is 6.28. The number of rotatable bonds is 4. The molecule has 2 N–H and O–H groups in total. The Balaban J connectivity index is 2.08. The second-order valence-corrected chi connectivity index (χ2v) is 4.74. The van der Waals surface area contributed by atoms with E-state index in [1.165, 1.54) is 19.3 Å². The van der Waals surface area contributed by atoms with Gasteiger partial charge in [-0.3, -0.25) is 4.79 Å². The Kier molecular flexibility index (Phi) is 3.67. The van der Waals surface area contributed by atoms with Crippen LogP contribution in [0, 0.1) is 12.8 Å². The first-order chi connectivity index (χ1) is 8.22. The lowest BCUT2D eigenvalue weighted by molar-refractivity contribution is 0.0962. The van der Waals surface area contributed by atoms with Gasteiger partial charge in [0.25, 0.3) is 5.91 Å². The second-order valence-electron chi connectivity index (χ2n) is 4.74. The smallest absolute Gasteiger partial charge is 0.251 e. The minimum Gasteiger partial charge on any atom is -0.385 e. The Hall–Kier alpha value is -1.51. The Labute approximate surface area is 103 Å². The summed E-state index contributed by atoms with van der Waals surface area (Å²) >= 11 is 0. The number of carbonyl (C=O) groups is 1. The molecule has 0 aliphatic heterocycles. The Bertz CT molecular complexity index is 411. The predicted molar refractivity (Wildman–Crippen MR) is 70.4 cm³/mol. The second kappa shape index (κ2) is 5.21. The summed E-state index contributed by atoms with van der Waals surface area (Å²) in [5.74, 6) is 0.799. The standard InChI is InChI=1S/C14H20N2O/c1-10-12(14(17)15-2)7-4-8-13(10)16-9-11-5-3-6-11/h4,7-8,11,16H,3,5-6,9H2,1-2H3,(H,15,17). The van der Waals surface area contributed by atoms with Gasteiger partial charge in [-0.25, -0.2) is 0 Å². The van der Waals surface area contributed by atoms with E-state index in [9.17, 15) is 4.79 Å². The SMILES string of the molecule is CNC(=O)c1cccc(NCC2CCC2)c1C. The molecule has 92 valence electrons. The van der Waals surface area contributed by atoms with Gasteiger partial charge in [0.15, 0.2) is 0 Å². The van der Waals surface area contributed by atoms with Crippen LogP contribution >= 0.6 is 0 Å². The van der Waals surface area contributed by atoms with Crippen molar-refractivity contribution in [2.24, 2.45) is 5.92 Å². The highest BCUT2D eigenvalue weighted by Gasteiger charge is 2.17. The van der Waals surface area contributed by atoms with E-state index in [4.69, 9.17) is 0 Å². The Morgan fingerprint density at radius 3 is 2.76 bits per heavy atom. The molecule has 2 rings (SSSR count). The maximum atomic E-state index is 11.7. The lowest BCUT2D eigenvalue weighted by Crippen LogP contribution is -2.22. The average molecular weight is 232 g/mol. The van der Waals surface area contributed by atoms with Crippen molar-refractivity contribution >= 4 is 11.6 Å². The van der Waals surface area contributed by atoms with Gasteiger partial charge in [-0.15, -0.1) is 0 Å². The van der Waals surface area contributed by atoms with Crippen LogP contribution in [-0.4, -0.2) is 19.5 Å². The molecule has 0 radical (unpaired) electrons. The zero-order chi connectivity index (χ0) is 12.3. The topological polar surface area (TPSA) is 41.1 Å². The van der Waals surface area contributed by atoms with Gasteiger partial charge in [0, 0.05) is 24.8 Å². The normalized spacial score (nSPS) is 15.2. The molecule has 1 aliphatic rings. The molecular formula is C14H20N2O. The van der Waals surface area contributed by atoms with E-state index in [-0.39, 0.29) is 5.91 Å². The summed E-state index contributed by atoms with van der Waals surface area (Å²) in [4.78, 5) is 11.7. The molecule has 0 bridgehead atoms. The summed E-state index contributed by atoms with van der Waals surface area (Å²) < 4.78 is 0. The highest BCUT2D eigenvalue weighted by atomic mass is 16.1. The van der Waals surface area contributed by atoms with Crippen molar-refractivity contribution in [1.82, 2.24) is 5.32 Å². The Morgan fingerprint density at radius 2 is 2.18 bits per heavy atom. The van der Waals surface area contributed by atoms with Gasteiger partial charge in [-0.2, -0.15) is 0 Å². The number of anilines is 1. The molecule has 0 atom stereocenters. The van der Waals surface area contributed by atoms with Crippen LogP contribution < -0.4 is 10.6 Å². The van der Waals surface area contributed by atoms with Gasteiger partial charge in [0.05, 0.1) is 0 Å². The molecule has 1 amide bonds. The van der Waals surface area contributed by atoms with E-state index in [1.807, 2.05) is 25.1 Å². The van der Waals surface area contributed by atoms with Crippen LogP contribution in [0.5, 0.6) is 0 Å². The molecule has 0 heterocycles. The van der Waals surface area contributed by atoms with Gasteiger partial charge < -0.3 is 10.6 Å². The zero-order valence-corrected chi connectivity index (χ0v) is 10.5. The highest BCUT2D eigenvalue weighted by molar-refractivity contribution is 5.96. The summed E-state index contributed by atoms with van der Waals surface area (Å²) in [6, 6.07) is 5.84. The maximum Gasteiger partial charge on any atom is 0.251 e. The van der Waals surface area contributed by atoms with Crippen LogP contribution in [0.1, 0.15) is 35.2 Å². The van der Waals surface area contributed by atoms with E-state index >= 15 is 0 Å². The summed E-state index contributed by atoms with van der Waals surface area (Å²) in [7, 11) is 1.66. The fourth-order valence-corrected chi connectivity index (χ4v) is 2.16. The third kappa shape index (κ3) is 2.60. The number of hydrogen-bond acceptors (Lipinski definition) is 2. The largest absolute Gasteiger partial charge is 0.385 e. The van der Waals surface area contributed by atoms with Gasteiger partial charge in [0.1, 0.15) is 0 Å². The van der Waals surface area contributed by atoms with Crippen molar-refractivity contribution in [3.63, 3.8) is 0 Å². The number of nitrogens with one attached hydrogen (secondary N) is 2. The number of hydrogen-bond donors (Lipinski definition) is 2. The van der Waals surface area contributed by atoms with Crippen LogP contribution in [0.2, 0.25) is 0 Å². The van der Waals surface area contributed by atoms with Crippen LogP contribution in [0.4, 0.5) is 5.69 Å². The molecule has 1 aromatic carbocycles. The molecule has 1 aromatic rings. The first kappa shape index (κ1) is 12.0.